The summed E-state index contributed by atoms with van der Waals surface area (Å²) in [4.78, 5) is 46.8. The minimum absolute atomic E-state index is 0.422. The topological polar surface area (TPSA) is 203 Å². The van der Waals surface area contributed by atoms with Crippen LogP contribution in [0.2, 0.25) is 0 Å². The van der Waals surface area contributed by atoms with Crippen molar-refractivity contribution in [1.82, 2.24) is 0 Å². The summed E-state index contributed by atoms with van der Waals surface area (Å²) in [6.45, 7) is 0. The third kappa shape index (κ3) is 6.75. The van der Waals surface area contributed by atoms with E-state index in [0.29, 0.717) is 0 Å². The van der Waals surface area contributed by atoms with Gasteiger partial charge in [0.15, 0.2) is 0 Å². The molecule has 0 spiro atoms. The van der Waals surface area contributed by atoms with Crippen LogP contribution >= 0.6 is 23.5 Å². The van der Waals surface area contributed by atoms with Crippen molar-refractivity contribution in [2.45, 2.75) is 0 Å². The summed E-state index contributed by atoms with van der Waals surface area (Å²) >= 11 is 0. The highest BCUT2D eigenvalue weighted by molar-refractivity contribution is 7.66. The zero-order valence-electron chi connectivity index (χ0n) is 10.2. The van der Waals surface area contributed by atoms with E-state index in [9.17, 15) is 28.4 Å². The smallest absolute Gasteiger partial charge is 0.534 e. The zero-order chi connectivity index (χ0) is 17.2. The molecular weight excluding hydrogens is 371 g/mol. The first-order valence-electron chi connectivity index (χ1n) is 4.87. The molecule has 0 heterocycles. The molecule has 0 saturated heterocycles. The summed E-state index contributed by atoms with van der Waals surface area (Å²) in [5.41, 5.74) is -0.422. The van der Waals surface area contributed by atoms with Crippen molar-refractivity contribution in [2.24, 2.45) is 0 Å². The highest BCUT2D eigenvalue weighted by atomic mass is 31.3. The number of hydrogen-bond acceptors (Lipinski definition) is 8. The van der Waals surface area contributed by atoms with Gasteiger partial charge in [0.05, 0.1) is 11.0 Å². The molecule has 0 bridgehead atoms. The highest BCUT2D eigenvalue weighted by Gasteiger charge is 2.35. The van der Waals surface area contributed by atoms with E-state index in [2.05, 4.69) is 13.1 Å². The van der Waals surface area contributed by atoms with E-state index in [0.717, 1.165) is 24.3 Å². The Hall–Kier alpha value is -1.13. The quantitative estimate of drug-likeness (QED) is 0.379. The van der Waals surface area contributed by atoms with Gasteiger partial charge in [-0.1, -0.05) is 6.07 Å². The maximum atomic E-state index is 11.4. The lowest BCUT2D eigenvalue weighted by Crippen LogP contribution is -2.08. The van der Waals surface area contributed by atoms with Crippen molar-refractivity contribution >= 4 is 29.2 Å². The van der Waals surface area contributed by atoms with Crippen LogP contribution in [0.15, 0.2) is 24.3 Å². The Kier molecular flexibility index (Phi) is 5.63. The minimum atomic E-state index is -5.88. The summed E-state index contributed by atoms with van der Waals surface area (Å²) < 4.78 is 43.7. The zero-order valence-corrected chi connectivity index (χ0v) is 12.8. The first kappa shape index (κ1) is 18.9. The summed E-state index contributed by atoms with van der Waals surface area (Å²) in [6.07, 6.45) is 0. The van der Waals surface area contributed by atoms with E-state index >= 15 is 0 Å². The van der Waals surface area contributed by atoms with Crippen molar-refractivity contribution in [2.75, 3.05) is 0 Å². The Morgan fingerprint density at radius 3 is 2.18 bits per heavy atom. The fraction of sp³-hybridized carbons (Fsp3) is 0. The first-order chi connectivity index (χ1) is 9.80. The van der Waals surface area contributed by atoms with Gasteiger partial charge in [-0.05, 0) is 6.07 Å². The number of rotatable bonds is 7. The van der Waals surface area contributed by atoms with Gasteiger partial charge in [-0.2, -0.15) is 0 Å². The van der Waals surface area contributed by atoms with Crippen LogP contribution in [0.1, 0.15) is 0 Å². The average Bonchev–Trinajstić information content (AvgIpc) is 2.22. The fourth-order valence-corrected chi connectivity index (χ4v) is 4.03. The molecule has 16 heteroatoms. The summed E-state index contributed by atoms with van der Waals surface area (Å²) in [7, 11) is -16.8. The lowest BCUT2D eigenvalue weighted by atomic mass is 10.3. The molecule has 22 heavy (non-hydrogen) atoms. The molecule has 1 aromatic rings. The second-order valence-corrected chi connectivity index (χ2v) is 7.73. The number of hydrogen-bond donors (Lipinski definition) is 4. The van der Waals surface area contributed by atoms with Crippen LogP contribution in [0.3, 0.4) is 0 Å². The van der Waals surface area contributed by atoms with E-state index in [1.807, 2.05) is 0 Å². The van der Waals surface area contributed by atoms with Crippen molar-refractivity contribution in [3.63, 3.8) is 0 Å². The largest absolute Gasteiger partial charge is 0.755 e. The number of benzene rings is 1. The van der Waals surface area contributed by atoms with Crippen molar-refractivity contribution in [3.8, 4) is 5.75 Å². The van der Waals surface area contributed by atoms with E-state index < -0.39 is 39.8 Å². The van der Waals surface area contributed by atoms with Crippen LogP contribution in [0, 0.1) is 4.91 Å². The molecule has 1 rings (SSSR count). The van der Waals surface area contributed by atoms with Crippen LogP contribution in [0.4, 0.5) is 5.69 Å². The first-order valence-corrected chi connectivity index (χ1v) is 9.36. The van der Waals surface area contributed by atoms with Gasteiger partial charge in [0.2, 0.25) is 0 Å². The second-order valence-electron chi connectivity index (χ2n) is 3.43. The van der Waals surface area contributed by atoms with Gasteiger partial charge in [0, 0.05) is 6.07 Å². The summed E-state index contributed by atoms with van der Waals surface area (Å²) in [6, 6.07) is 3.94. The highest BCUT2D eigenvalue weighted by Crippen LogP contribution is 2.63. The summed E-state index contributed by atoms with van der Waals surface area (Å²) in [5, 5.41) is 8.62. The predicted molar refractivity (Wildman–Crippen MR) is 63.8 cm³/mol. The molecule has 4 N–H and O–H groups in total. The average molecular weight is 379 g/mol. The molecule has 13 nitrogen and oxygen atoms in total. The van der Waals surface area contributed by atoms with Crippen LogP contribution in [0.25, 0.3) is 0 Å². The third-order valence-electron chi connectivity index (χ3n) is 1.67. The lowest BCUT2D eigenvalue weighted by molar-refractivity contribution is -0.729. The van der Waals surface area contributed by atoms with Crippen LogP contribution in [-0.2, 0) is 22.3 Å². The number of phosphoric ester groups is 1. The van der Waals surface area contributed by atoms with Crippen molar-refractivity contribution in [1.29, 1.82) is 0 Å². The van der Waals surface area contributed by atoms with Crippen molar-refractivity contribution in [3.05, 3.63) is 29.2 Å². The van der Waals surface area contributed by atoms with E-state index in [-0.39, 0.29) is 0 Å². The molecular formula is C6H8NO12P3. The van der Waals surface area contributed by atoms with Gasteiger partial charge in [-0.25, -0.2) is 23.0 Å². The van der Waals surface area contributed by atoms with Gasteiger partial charge in [-0.15, -0.1) is 0 Å². The molecule has 0 fully saturated rings. The van der Waals surface area contributed by atoms with Gasteiger partial charge in [0.25, 0.3) is 12.7 Å². The van der Waals surface area contributed by atoms with E-state index in [4.69, 9.17) is 15.0 Å². The predicted octanol–water partition coefficient (Wildman–Crippen LogP) is 0.560. The van der Waals surface area contributed by atoms with Gasteiger partial charge in [0.1, 0.15) is 5.75 Å². The van der Waals surface area contributed by atoms with Crippen molar-refractivity contribution < 1.29 is 56.5 Å². The molecule has 0 aliphatic carbocycles. The number of nitrogens with zero attached hydrogens (tertiary/aromatic N) is 1. The number of phosphoric acid groups is 3. The molecule has 0 aromatic heterocycles. The fourth-order valence-electron chi connectivity index (χ4n) is 1.08. The van der Waals surface area contributed by atoms with Crippen LogP contribution in [-0.4, -0.2) is 24.8 Å². The van der Waals surface area contributed by atoms with E-state index in [1.54, 1.807) is 0 Å². The molecule has 2 atom stereocenters. The summed E-state index contributed by atoms with van der Waals surface area (Å²) in [5.74, 6) is -0.561. The molecule has 0 saturated carbocycles. The van der Waals surface area contributed by atoms with E-state index in [1.165, 1.54) is 0 Å². The Bertz CT molecular complexity index is 711. The Morgan fingerprint density at radius 2 is 1.68 bits per heavy atom. The molecule has 1 aromatic carbocycles. The Balaban J connectivity index is 2.90. The van der Waals surface area contributed by atoms with Gasteiger partial charge in [-0.3, -0.25) is 9.46 Å². The maximum absolute atomic E-state index is 11.4. The molecule has 0 radical (unpaired) electrons. The second kappa shape index (κ2) is 6.55. The van der Waals surface area contributed by atoms with Gasteiger partial charge >= 0.3 is 21.3 Å². The standard InChI is InChI=1S/C6H8NO12P3/c8-7(9)5-2-1-3-6(4-5)17-21(13,14)19-22(15,16)18-20(10,11)12/h1-4H,(H4-,8,9,10,11,12,13,14,15,16). The molecule has 124 valence electrons. The molecule has 2 unspecified atom stereocenters. The monoisotopic (exact) mass is 379 g/mol. The molecule has 0 aliphatic heterocycles. The van der Waals surface area contributed by atoms with Crippen LogP contribution < -0.4 is 9.42 Å². The molecule has 0 amide bonds. The third-order valence-corrected chi connectivity index (χ3v) is 5.39. The Labute approximate surface area is 121 Å². The molecule has 0 aliphatic rings. The van der Waals surface area contributed by atoms with Crippen LogP contribution in [0.5, 0.6) is 5.75 Å². The van der Waals surface area contributed by atoms with Gasteiger partial charge < -0.3 is 19.2 Å². The SMILES string of the molecule is O=[N+](O)c1cccc(OP(=O)(O)OP(=O)([O-])OP(=O)(O)O)c1. The normalized spacial score (nSPS) is 17.3. The Morgan fingerprint density at radius 1 is 1.09 bits per heavy atom. The maximum Gasteiger partial charge on any atom is 0.534 e. The minimum Gasteiger partial charge on any atom is -0.755 e. The lowest BCUT2D eigenvalue weighted by Gasteiger charge is -2.24.